The summed E-state index contributed by atoms with van der Waals surface area (Å²) in [7, 11) is -4.24. The zero-order valence-corrected chi connectivity index (χ0v) is 25.5. The summed E-state index contributed by atoms with van der Waals surface area (Å²) in [4.78, 5) is 44.4. The van der Waals surface area contributed by atoms with Gasteiger partial charge in [0.15, 0.2) is 5.78 Å². The van der Waals surface area contributed by atoms with E-state index in [2.05, 4.69) is 20.3 Å². The number of hydrogen-bond acceptors (Lipinski definition) is 10. The van der Waals surface area contributed by atoms with Gasteiger partial charge in [0.05, 0.1) is 17.3 Å². The molecule has 0 fully saturated rings. The number of hydrogen-bond donors (Lipinski definition) is 6. The zero-order valence-electron chi connectivity index (χ0n) is 24.7. The standard InChI is InChI=1S/C29H37N7O7S/c1-17-11-18(2)26(19(3)12-17)44(42,43)34-22(28(39)40)16-32-27(38)24-14-25(37)21-6-5-20(13-23(21)35(24)9-4-7-30)15-33-29-31-8-10-36(29)41/h5-6,8,10-13,22,24,34,41H,4,7,9,14-16,30H2,1-3H3,(H,31,33)(H,32,38)(H,39,40). The molecule has 7 N–H and O–H groups in total. The summed E-state index contributed by atoms with van der Waals surface area (Å²) in [6.07, 6.45) is 3.15. The lowest BCUT2D eigenvalue weighted by atomic mass is 9.92. The molecule has 1 amide bonds. The van der Waals surface area contributed by atoms with Crippen LogP contribution in [0.4, 0.5) is 11.6 Å². The third-order valence-electron chi connectivity index (χ3n) is 7.35. The van der Waals surface area contributed by atoms with Crippen molar-refractivity contribution in [2.75, 3.05) is 29.9 Å². The Bertz CT molecular complexity index is 1650. The number of rotatable bonds is 13. The largest absolute Gasteiger partial charge is 0.480 e. The molecule has 3 aromatic rings. The predicted octanol–water partition coefficient (Wildman–Crippen LogP) is 1.32. The molecular formula is C29H37N7O7S. The fraction of sp³-hybridized carbons (Fsp3) is 0.379. The summed E-state index contributed by atoms with van der Waals surface area (Å²) >= 11 is 0. The molecule has 4 rings (SSSR count). The lowest BCUT2D eigenvalue weighted by molar-refractivity contribution is -0.139. The highest BCUT2D eigenvalue weighted by Gasteiger charge is 2.37. The normalized spacial score (nSPS) is 15.5. The number of carbonyl (C=O) groups excluding carboxylic acids is 2. The van der Waals surface area contributed by atoms with Gasteiger partial charge in [-0.15, -0.1) is 0 Å². The summed E-state index contributed by atoms with van der Waals surface area (Å²) < 4.78 is 29.4. The van der Waals surface area contributed by atoms with Gasteiger partial charge in [-0.25, -0.2) is 13.4 Å². The van der Waals surface area contributed by atoms with Gasteiger partial charge < -0.3 is 31.6 Å². The molecule has 44 heavy (non-hydrogen) atoms. The highest BCUT2D eigenvalue weighted by Crippen LogP contribution is 2.32. The summed E-state index contributed by atoms with van der Waals surface area (Å²) in [6, 6.07) is 5.94. The number of imidazole rings is 1. The van der Waals surface area contributed by atoms with Gasteiger partial charge in [-0.2, -0.15) is 9.45 Å². The summed E-state index contributed by atoms with van der Waals surface area (Å²) in [5.74, 6) is -2.13. The number of nitrogens with zero attached hydrogens (tertiary/aromatic N) is 3. The average molecular weight is 628 g/mol. The van der Waals surface area contributed by atoms with Crippen molar-refractivity contribution in [1.82, 2.24) is 19.8 Å². The number of anilines is 2. The molecule has 2 unspecified atom stereocenters. The van der Waals surface area contributed by atoms with Gasteiger partial charge in [0, 0.05) is 37.3 Å². The number of aliphatic carboxylic acids is 1. The van der Waals surface area contributed by atoms with E-state index in [1.165, 1.54) is 12.4 Å². The lowest BCUT2D eigenvalue weighted by Gasteiger charge is -2.37. The number of aromatic nitrogens is 2. The van der Waals surface area contributed by atoms with Crippen LogP contribution in [0.15, 0.2) is 47.6 Å². The van der Waals surface area contributed by atoms with E-state index >= 15 is 0 Å². The topological polar surface area (TPSA) is 209 Å². The van der Waals surface area contributed by atoms with E-state index in [0.717, 1.165) is 15.9 Å². The van der Waals surface area contributed by atoms with Crippen LogP contribution < -0.4 is 26.0 Å². The fourth-order valence-electron chi connectivity index (χ4n) is 5.44. The Morgan fingerprint density at radius 3 is 2.48 bits per heavy atom. The third kappa shape index (κ3) is 7.18. The van der Waals surface area contributed by atoms with E-state index < -0.39 is 40.5 Å². The van der Waals surface area contributed by atoms with E-state index in [1.807, 2.05) is 6.92 Å². The van der Waals surface area contributed by atoms with Gasteiger partial charge in [0.1, 0.15) is 12.1 Å². The fourth-order valence-corrected chi connectivity index (χ4v) is 7.08. The molecule has 15 heteroatoms. The molecule has 0 saturated carbocycles. The number of nitrogens with two attached hydrogens (primary N) is 1. The molecule has 0 spiro atoms. The molecule has 14 nitrogen and oxygen atoms in total. The molecule has 0 bridgehead atoms. The number of fused-ring (bicyclic) bond motifs is 1. The third-order valence-corrected chi connectivity index (χ3v) is 9.13. The monoisotopic (exact) mass is 627 g/mol. The van der Waals surface area contributed by atoms with Crippen LogP contribution in [0.5, 0.6) is 0 Å². The molecule has 2 heterocycles. The van der Waals surface area contributed by atoms with E-state index in [-0.39, 0.29) is 29.6 Å². The van der Waals surface area contributed by atoms with Gasteiger partial charge in [0.2, 0.25) is 21.9 Å². The van der Waals surface area contributed by atoms with Crippen molar-refractivity contribution in [1.29, 1.82) is 0 Å². The first kappa shape index (κ1) is 32.4. The first-order valence-corrected chi connectivity index (χ1v) is 15.5. The minimum Gasteiger partial charge on any atom is -0.480 e. The van der Waals surface area contributed by atoms with Gasteiger partial charge in [0.25, 0.3) is 0 Å². The summed E-state index contributed by atoms with van der Waals surface area (Å²) in [5.41, 5.74) is 9.26. The number of carbonyl (C=O) groups is 3. The quantitative estimate of drug-likeness (QED) is 0.149. The SMILES string of the molecule is Cc1cc(C)c(S(=O)(=O)NC(CNC(=O)C2CC(=O)c3ccc(CNc4nccn4O)cc3N2CCCN)C(=O)O)c(C)c1. The Labute approximate surface area is 255 Å². The van der Waals surface area contributed by atoms with E-state index in [1.54, 1.807) is 49.1 Å². The number of Topliss-reactive ketones (excluding diaryl/α,β-unsaturated/α-hetero) is 1. The van der Waals surface area contributed by atoms with Crippen molar-refractivity contribution >= 4 is 39.3 Å². The molecule has 236 valence electrons. The molecule has 1 aliphatic rings. The van der Waals surface area contributed by atoms with Crippen molar-refractivity contribution in [2.24, 2.45) is 5.73 Å². The molecular weight excluding hydrogens is 590 g/mol. The Kier molecular flexibility index (Phi) is 9.91. The number of amides is 1. The van der Waals surface area contributed by atoms with Crippen LogP contribution in [0.25, 0.3) is 0 Å². The van der Waals surface area contributed by atoms with Crippen molar-refractivity contribution in [3.63, 3.8) is 0 Å². The second-order valence-electron chi connectivity index (χ2n) is 10.8. The number of carboxylic acid groups (broad SMARTS) is 1. The second-order valence-corrected chi connectivity index (χ2v) is 12.4. The summed E-state index contributed by atoms with van der Waals surface area (Å²) in [5, 5.41) is 25.1. The first-order chi connectivity index (χ1) is 20.8. The molecule has 0 aliphatic carbocycles. The number of sulfonamides is 1. The van der Waals surface area contributed by atoms with Crippen molar-refractivity contribution in [3.8, 4) is 0 Å². The highest BCUT2D eigenvalue weighted by molar-refractivity contribution is 7.89. The Hall–Kier alpha value is -4.47. The maximum atomic E-state index is 13.5. The van der Waals surface area contributed by atoms with E-state index in [9.17, 15) is 33.1 Å². The maximum absolute atomic E-state index is 13.5. The van der Waals surface area contributed by atoms with Crippen LogP contribution in [-0.2, 0) is 26.2 Å². The zero-order chi connectivity index (χ0) is 32.2. The van der Waals surface area contributed by atoms with E-state index in [4.69, 9.17) is 5.73 Å². The Balaban J connectivity index is 1.53. The molecule has 0 saturated heterocycles. The molecule has 2 atom stereocenters. The van der Waals surface area contributed by atoms with Gasteiger partial charge in [-0.05, 0) is 62.6 Å². The second kappa shape index (κ2) is 13.4. The van der Waals surface area contributed by atoms with Gasteiger partial charge in [-0.1, -0.05) is 23.8 Å². The minimum atomic E-state index is -4.24. The minimum absolute atomic E-state index is 0.0172. The van der Waals surface area contributed by atoms with Gasteiger partial charge in [-0.3, -0.25) is 14.4 Å². The van der Waals surface area contributed by atoms with Crippen LogP contribution >= 0.6 is 0 Å². The van der Waals surface area contributed by atoms with Gasteiger partial charge >= 0.3 is 5.97 Å². The molecule has 1 aliphatic heterocycles. The average Bonchev–Trinajstić information content (AvgIpc) is 3.36. The van der Waals surface area contributed by atoms with E-state index in [0.29, 0.717) is 41.9 Å². The lowest BCUT2D eigenvalue weighted by Crippen LogP contribution is -2.55. The Morgan fingerprint density at radius 2 is 1.86 bits per heavy atom. The van der Waals surface area contributed by atoms with Crippen LogP contribution in [0, 0.1) is 20.8 Å². The molecule has 1 aromatic heterocycles. The molecule has 2 aromatic carbocycles. The van der Waals surface area contributed by atoms with Crippen molar-refractivity contribution < 1.29 is 33.1 Å². The number of nitrogens with one attached hydrogen (secondary N) is 3. The van der Waals surface area contributed by atoms with Crippen LogP contribution in [-0.4, -0.2) is 77.8 Å². The first-order valence-electron chi connectivity index (χ1n) is 14.0. The Morgan fingerprint density at radius 1 is 1.16 bits per heavy atom. The van der Waals surface area contributed by atoms with Crippen molar-refractivity contribution in [2.45, 2.75) is 57.1 Å². The smallest absolute Gasteiger partial charge is 0.323 e. The number of aryl methyl sites for hydroxylation is 3. The predicted molar refractivity (Wildman–Crippen MR) is 162 cm³/mol. The van der Waals surface area contributed by atoms with Crippen LogP contribution in [0.3, 0.4) is 0 Å². The summed E-state index contributed by atoms with van der Waals surface area (Å²) in [6.45, 7) is 5.47. The highest BCUT2D eigenvalue weighted by atomic mass is 32.2. The van der Waals surface area contributed by atoms with Crippen LogP contribution in [0.2, 0.25) is 0 Å². The molecule has 0 radical (unpaired) electrons. The number of ketones is 1. The van der Waals surface area contributed by atoms with Crippen molar-refractivity contribution in [3.05, 3.63) is 70.5 Å². The van der Waals surface area contributed by atoms with Crippen LogP contribution in [0.1, 0.15) is 45.5 Å². The maximum Gasteiger partial charge on any atom is 0.323 e. The number of benzene rings is 2. The number of carboxylic acids is 1.